The van der Waals surface area contributed by atoms with Crippen molar-refractivity contribution in [3.8, 4) is 0 Å². The van der Waals surface area contributed by atoms with E-state index < -0.39 is 0 Å². The zero-order valence-electron chi connectivity index (χ0n) is 13.5. The van der Waals surface area contributed by atoms with E-state index in [4.69, 9.17) is 23.7 Å². The Morgan fingerprint density at radius 3 is 1.52 bits per heavy atom. The molecule has 6 aliphatic rings. The number of hydrogen-bond acceptors (Lipinski definition) is 5. The minimum Gasteiger partial charge on any atom is -0.370 e. The Kier molecular flexibility index (Phi) is 3.14. The van der Waals surface area contributed by atoms with Gasteiger partial charge in [0.25, 0.3) is 0 Å². The zero-order chi connectivity index (χ0) is 15.0. The second kappa shape index (κ2) is 5.15. The molecule has 2 aliphatic carbocycles. The van der Waals surface area contributed by atoms with Gasteiger partial charge < -0.3 is 23.7 Å². The van der Waals surface area contributed by atoms with E-state index in [2.05, 4.69) is 0 Å². The van der Waals surface area contributed by atoms with E-state index in [1.165, 1.54) is 25.7 Å². The summed E-state index contributed by atoms with van der Waals surface area (Å²) in [5.74, 6) is 1.20. The smallest absolute Gasteiger partial charge is 0.107 e. The molecule has 4 saturated heterocycles. The topological polar surface area (TPSA) is 59.4 Å². The molecule has 0 spiro atoms. The minimum atomic E-state index is 0.243. The Balaban J connectivity index is 1.16. The third-order valence-corrected chi connectivity index (χ3v) is 6.78. The van der Waals surface area contributed by atoms with Crippen molar-refractivity contribution in [3.63, 3.8) is 0 Å². The van der Waals surface area contributed by atoms with Gasteiger partial charge in [0.05, 0.1) is 49.8 Å². The fraction of sp³-hybridized carbons (Fsp3) is 1.00. The van der Waals surface area contributed by atoms with Gasteiger partial charge in [0, 0.05) is 0 Å². The summed E-state index contributed by atoms with van der Waals surface area (Å²) >= 11 is 0. The molecule has 0 radical (unpaired) electrons. The van der Waals surface area contributed by atoms with Crippen LogP contribution in [0.3, 0.4) is 0 Å². The monoisotopic (exact) mass is 322 g/mol. The molecule has 0 N–H and O–H groups in total. The predicted octanol–water partition coefficient (Wildman–Crippen LogP) is 1.67. The summed E-state index contributed by atoms with van der Waals surface area (Å²) in [7, 11) is 0. The molecule has 6 rings (SSSR count). The lowest BCUT2D eigenvalue weighted by Gasteiger charge is -2.35. The fourth-order valence-electron chi connectivity index (χ4n) is 5.14. The highest BCUT2D eigenvalue weighted by Gasteiger charge is 2.53. The second-order valence-corrected chi connectivity index (χ2v) is 8.38. The standard InChI is InChI=1S/C18H26O5/c1-3-11-13(21-11)5-9(1)17(15-7-19-15)23-18(16-8-20-16)10-2-4-12-14(6-10)22-12/h9-18H,1-8H2. The average molecular weight is 322 g/mol. The van der Waals surface area contributed by atoms with E-state index in [1.807, 2.05) is 0 Å². The molecule has 0 aromatic carbocycles. The minimum absolute atomic E-state index is 0.243. The van der Waals surface area contributed by atoms with Crippen LogP contribution in [-0.4, -0.2) is 62.0 Å². The molecule has 10 unspecified atom stereocenters. The van der Waals surface area contributed by atoms with Crippen LogP contribution >= 0.6 is 0 Å². The van der Waals surface area contributed by atoms with Crippen molar-refractivity contribution in [1.82, 2.24) is 0 Å². The van der Waals surface area contributed by atoms with E-state index in [1.54, 1.807) is 0 Å². The highest BCUT2D eigenvalue weighted by Crippen LogP contribution is 2.47. The average Bonchev–Trinajstić information content (AvgIpc) is 3.45. The van der Waals surface area contributed by atoms with Crippen LogP contribution in [0.5, 0.6) is 0 Å². The first-order chi connectivity index (χ1) is 11.3. The van der Waals surface area contributed by atoms with E-state index in [0.717, 1.165) is 26.1 Å². The van der Waals surface area contributed by atoms with E-state index >= 15 is 0 Å². The quantitative estimate of drug-likeness (QED) is 0.696. The highest BCUT2D eigenvalue weighted by molar-refractivity contribution is 5.01. The maximum Gasteiger partial charge on any atom is 0.107 e. The molecule has 0 bridgehead atoms. The van der Waals surface area contributed by atoms with Crippen LogP contribution in [0, 0.1) is 11.8 Å². The first-order valence-corrected chi connectivity index (χ1v) is 9.55. The van der Waals surface area contributed by atoms with Gasteiger partial charge in [-0.3, -0.25) is 0 Å². The second-order valence-electron chi connectivity index (χ2n) is 8.38. The van der Waals surface area contributed by atoms with Crippen molar-refractivity contribution < 1.29 is 23.7 Å². The number of fused-ring (bicyclic) bond motifs is 2. The van der Waals surface area contributed by atoms with Gasteiger partial charge in [-0.1, -0.05) is 0 Å². The van der Waals surface area contributed by atoms with Crippen molar-refractivity contribution in [2.45, 2.75) is 87.4 Å². The molecule has 2 saturated carbocycles. The molecular formula is C18H26O5. The lowest BCUT2D eigenvalue weighted by atomic mass is 9.82. The molecule has 0 aromatic heterocycles. The Bertz CT molecular complexity index is 434. The van der Waals surface area contributed by atoms with Crippen molar-refractivity contribution in [1.29, 1.82) is 0 Å². The Hall–Kier alpha value is -0.200. The molecular weight excluding hydrogens is 296 g/mol. The Labute approximate surface area is 136 Å². The van der Waals surface area contributed by atoms with Gasteiger partial charge in [0.1, 0.15) is 12.2 Å². The van der Waals surface area contributed by atoms with Crippen LogP contribution < -0.4 is 0 Å². The normalized spacial score (nSPS) is 55.3. The van der Waals surface area contributed by atoms with Gasteiger partial charge in [0.2, 0.25) is 0 Å². The van der Waals surface area contributed by atoms with Crippen molar-refractivity contribution in [2.75, 3.05) is 13.2 Å². The van der Waals surface area contributed by atoms with Crippen LogP contribution in [0.15, 0.2) is 0 Å². The highest BCUT2D eigenvalue weighted by atomic mass is 16.6. The number of epoxide rings is 4. The molecule has 6 fully saturated rings. The Morgan fingerprint density at radius 2 is 1.13 bits per heavy atom. The SMILES string of the molecule is C1CC2OC2CC1C(OC(C1CCC2OC2C1)C1CO1)C1CO1. The lowest BCUT2D eigenvalue weighted by Crippen LogP contribution is -2.42. The summed E-state index contributed by atoms with van der Waals surface area (Å²) in [6, 6.07) is 0. The van der Waals surface area contributed by atoms with Gasteiger partial charge >= 0.3 is 0 Å². The summed E-state index contributed by atoms with van der Waals surface area (Å²) in [6.07, 6.45) is 10.4. The van der Waals surface area contributed by atoms with Crippen LogP contribution in [-0.2, 0) is 23.7 Å². The molecule has 10 atom stereocenters. The summed E-state index contributed by atoms with van der Waals surface area (Å²) in [5.41, 5.74) is 0. The van der Waals surface area contributed by atoms with Gasteiger partial charge in [-0.2, -0.15) is 0 Å². The van der Waals surface area contributed by atoms with Crippen molar-refractivity contribution in [3.05, 3.63) is 0 Å². The summed E-state index contributed by atoms with van der Waals surface area (Å²) in [5, 5.41) is 0. The molecule has 5 nitrogen and oxygen atoms in total. The summed E-state index contributed by atoms with van der Waals surface area (Å²) in [6.45, 7) is 1.74. The third-order valence-electron chi connectivity index (χ3n) is 6.78. The number of rotatable bonds is 6. The largest absolute Gasteiger partial charge is 0.370 e. The van der Waals surface area contributed by atoms with Crippen molar-refractivity contribution in [2.24, 2.45) is 11.8 Å². The first kappa shape index (κ1) is 14.0. The predicted molar refractivity (Wildman–Crippen MR) is 80.1 cm³/mol. The fourth-order valence-corrected chi connectivity index (χ4v) is 5.14. The maximum absolute atomic E-state index is 6.75. The van der Waals surface area contributed by atoms with E-state index in [-0.39, 0.29) is 12.2 Å². The third kappa shape index (κ3) is 2.74. The summed E-state index contributed by atoms with van der Waals surface area (Å²) in [4.78, 5) is 0. The van der Waals surface area contributed by atoms with Crippen LogP contribution in [0.25, 0.3) is 0 Å². The molecule has 4 aliphatic heterocycles. The molecule has 0 amide bonds. The molecule has 0 aromatic rings. The van der Waals surface area contributed by atoms with E-state index in [9.17, 15) is 0 Å². The number of ether oxygens (including phenoxy) is 5. The van der Waals surface area contributed by atoms with Crippen LogP contribution in [0.4, 0.5) is 0 Å². The van der Waals surface area contributed by atoms with Gasteiger partial charge in [0.15, 0.2) is 0 Å². The zero-order valence-corrected chi connectivity index (χ0v) is 13.5. The van der Waals surface area contributed by atoms with E-state index in [0.29, 0.717) is 48.5 Å². The van der Waals surface area contributed by atoms with Gasteiger partial charge in [-0.05, 0) is 50.4 Å². The molecule has 128 valence electrons. The lowest BCUT2D eigenvalue weighted by molar-refractivity contribution is -0.0982. The molecule has 5 heteroatoms. The van der Waals surface area contributed by atoms with Gasteiger partial charge in [-0.25, -0.2) is 0 Å². The molecule has 4 heterocycles. The van der Waals surface area contributed by atoms with Crippen LogP contribution in [0.1, 0.15) is 38.5 Å². The van der Waals surface area contributed by atoms with Gasteiger partial charge in [-0.15, -0.1) is 0 Å². The van der Waals surface area contributed by atoms with Crippen LogP contribution in [0.2, 0.25) is 0 Å². The maximum atomic E-state index is 6.75. The summed E-state index contributed by atoms with van der Waals surface area (Å²) < 4.78 is 29.5. The first-order valence-electron chi connectivity index (χ1n) is 9.55. The number of hydrogen-bond donors (Lipinski definition) is 0. The van der Waals surface area contributed by atoms with Crippen molar-refractivity contribution >= 4 is 0 Å². The molecule has 23 heavy (non-hydrogen) atoms. The Morgan fingerprint density at radius 1 is 0.652 bits per heavy atom.